The van der Waals surface area contributed by atoms with E-state index in [1.54, 1.807) is 0 Å². The average Bonchev–Trinajstić information content (AvgIpc) is 3.55. The number of nitrogens with zero attached hydrogens (tertiary/aromatic N) is 2. The number of rotatable bonds is 21. The summed E-state index contributed by atoms with van der Waals surface area (Å²) in [6, 6.07) is 16.7. The lowest BCUT2D eigenvalue weighted by atomic mass is 10.0. The van der Waals surface area contributed by atoms with Gasteiger partial charge in [0.15, 0.2) is 0 Å². The van der Waals surface area contributed by atoms with Crippen molar-refractivity contribution in [3.8, 4) is 0 Å². The molecule has 0 fully saturated rings. The van der Waals surface area contributed by atoms with Gasteiger partial charge in [-0.2, -0.15) is 0 Å². The molecule has 0 atom stereocenters. The second kappa shape index (κ2) is 17.1. The molecule has 0 aliphatic heterocycles. The van der Waals surface area contributed by atoms with E-state index >= 15 is 0 Å². The van der Waals surface area contributed by atoms with Crippen LogP contribution in [0.15, 0.2) is 48.5 Å². The van der Waals surface area contributed by atoms with Crippen LogP contribution in [-0.4, -0.2) is 19.9 Å². The minimum Gasteiger partial charge on any atom is -0.342 e. The summed E-state index contributed by atoms with van der Waals surface area (Å²) in [5.74, 6) is 2.30. The summed E-state index contributed by atoms with van der Waals surface area (Å²) < 4.78 is 0. The number of benzene rings is 2. The van der Waals surface area contributed by atoms with E-state index in [4.69, 9.17) is 0 Å². The van der Waals surface area contributed by atoms with E-state index in [9.17, 15) is 0 Å². The van der Waals surface area contributed by atoms with Gasteiger partial charge in [-0.1, -0.05) is 127 Å². The summed E-state index contributed by atoms with van der Waals surface area (Å²) >= 11 is 0. The van der Waals surface area contributed by atoms with Crippen LogP contribution in [-0.2, 0) is 12.8 Å². The first-order valence-corrected chi connectivity index (χ1v) is 15.8. The molecular formula is C34H50N4. The molecule has 2 aromatic carbocycles. The monoisotopic (exact) mass is 514 g/mol. The third kappa shape index (κ3) is 10.3. The average molecular weight is 515 g/mol. The summed E-state index contributed by atoms with van der Waals surface area (Å²) in [6.07, 6.45) is 27.2. The smallest absolute Gasteiger partial charge is 0.107 e. The van der Waals surface area contributed by atoms with Crippen molar-refractivity contribution in [1.29, 1.82) is 0 Å². The standard InChI is InChI=1S/C34H50N4/c1(3-5-7-9-11-13-15-17-27-33-35-29-23-19-20-24-30(29)36-33)2-4-6-8-10-12-14-16-18-28-34-37-31-25-21-22-26-32(31)38-34/h19-26H,1-18,27-28H2,(H,35,36)(H,37,38). The molecule has 0 amide bonds. The van der Waals surface area contributed by atoms with Gasteiger partial charge in [0.2, 0.25) is 0 Å². The van der Waals surface area contributed by atoms with Gasteiger partial charge in [-0.3, -0.25) is 0 Å². The molecule has 4 nitrogen and oxygen atoms in total. The van der Waals surface area contributed by atoms with Gasteiger partial charge in [-0.05, 0) is 37.1 Å². The Labute approximate surface area is 230 Å². The molecule has 38 heavy (non-hydrogen) atoms. The van der Waals surface area contributed by atoms with Crippen molar-refractivity contribution in [3.63, 3.8) is 0 Å². The summed E-state index contributed by atoms with van der Waals surface area (Å²) in [7, 11) is 0. The van der Waals surface area contributed by atoms with Crippen molar-refractivity contribution < 1.29 is 0 Å². The molecule has 2 N–H and O–H groups in total. The fraction of sp³-hybridized carbons (Fsp3) is 0.588. The maximum absolute atomic E-state index is 4.69. The van der Waals surface area contributed by atoms with Crippen LogP contribution in [0.3, 0.4) is 0 Å². The van der Waals surface area contributed by atoms with Gasteiger partial charge in [-0.15, -0.1) is 0 Å². The van der Waals surface area contributed by atoms with Crippen molar-refractivity contribution >= 4 is 22.1 Å². The van der Waals surface area contributed by atoms with Crippen molar-refractivity contribution in [2.75, 3.05) is 0 Å². The third-order valence-corrected chi connectivity index (χ3v) is 7.95. The van der Waals surface area contributed by atoms with Gasteiger partial charge in [-0.25, -0.2) is 9.97 Å². The Bertz CT molecular complexity index is 999. The molecule has 2 aromatic heterocycles. The minimum absolute atomic E-state index is 1.08. The molecule has 0 aliphatic carbocycles. The number of H-pyrrole nitrogens is 2. The lowest BCUT2D eigenvalue weighted by Crippen LogP contribution is -1.89. The Morgan fingerprint density at radius 1 is 0.368 bits per heavy atom. The van der Waals surface area contributed by atoms with E-state index in [0.717, 1.165) is 35.5 Å². The predicted octanol–water partition coefficient (Wildman–Crippen LogP) is 10.2. The van der Waals surface area contributed by atoms with E-state index in [2.05, 4.69) is 68.5 Å². The number of hydrogen-bond donors (Lipinski definition) is 2. The van der Waals surface area contributed by atoms with Gasteiger partial charge >= 0.3 is 0 Å². The number of aromatic nitrogens is 4. The number of aryl methyl sites for hydroxylation is 2. The molecular weight excluding hydrogens is 464 g/mol. The first kappa shape index (κ1) is 28.4. The van der Waals surface area contributed by atoms with Crippen LogP contribution in [0.5, 0.6) is 0 Å². The van der Waals surface area contributed by atoms with E-state index in [1.807, 2.05) is 0 Å². The molecule has 0 radical (unpaired) electrons. The van der Waals surface area contributed by atoms with Gasteiger partial charge in [0.25, 0.3) is 0 Å². The molecule has 0 saturated carbocycles. The SMILES string of the molecule is c1ccc2[nH]c(CCCCCCCCCCCCCCCCCCCCc3nc4ccccc4[nH]3)nc2c1. The van der Waals surface area contributed by atoms with Gasteiger partial charge in [0.1, 0.15) is 11.6 Å². The number of aromatic amines is 2. The van der Waals surface area contributed by atoms with Crippen LogP contribution in [0, 0.1) is 0 Å². The van der Waals surface area contributed by atoms with E-state index in [-0.39, 0.29) is 0 Å². The Morgan fingerprint density at radius 2 is 0.658 bits per heavy atom. The lowest BCUT2D eigenvalue weighted by Gasteiger charge is -2.04. The molecule has 4 rings (SSSR count). The van der Waals surface area contributed by atoms with Crippen LogP contribution >= 0.6 is 0 Å². The highest BCUT2D eigenvalue weighted by molar-refractivity contribution is 5.75. The summed E-state index contributed by atoms with van der Waals surface area (Å²) in [5.41, 5.74) is 4.53. The quantitative estimate of drug-likeness (QED) is 0.109. The second-order valence-corrected chi connectivity index (χ2v) is 11.3. The van der Waals surface area contributed by atoms with Gasteiger partial charge in [0.05, 0.1) is 22.1 Å². The third-order valence-electron chi connectivity index (χ3n) is 7.95. The summed E-state index contributed by atoms with van der Waals surface area (Å²) in [5, 5.41) is 0. The zero-order chi connectivity index (χ0) is 26.1. The van der Waals surface area contributed by atoms with Crippen molar-refractivity contribution in [3.05, 3.63) is 60.2 Å². The normalized spacial score (nSPS) is 11.7. The molecule has 2 heterocycles. The maximum Gasteiger partial charge on any atom is 0.107 e. The Hall–Kier alpha value is -2.62. The Balaban J connectivity index is 0.845. The fourth-order valence-corrected chi connectivity index (χ4v) is 5.66. The van der Waals surface area contributed by atoms with E-state index < -0.39 is 0 Å². The van der Waals surface area contributed by atoms with E-state index in [1.165, 1.54) is 127 Å². The molecule has 0 saturated heterocycles. The van der Waals surface area contributed by atoms with Crippen LogP contribution < -0.4 is 0 Å². The van der Waals surface area contributed by atoms with Crippen LogP contribution in [0.2, 0.25) is 0 Å². The molecule has 0 unspecified atom stereocenters. The van der Waals surface area contributed by atoms with Crippen LogP contribution in [0.25, 0.3) is 22.1 Å². The van der Waals surface area contributed by atoms with Crippen molar-refractivity contribution in [2.45, 2.75) is 128 Å². The molecule has 0 spiro atoms. The molecule has 0 bridgehead atoms. The predicted molar refractivity (Wildman–Crippen MR) is 163 cm³/mol. The second-order valence-electron chi connectivity index (χ2n) is 11.3. The molecule has 0 aliphatic rings. The van der Waals surface area contributed by atoms with Crippen molar-refractivity contribution in [1.82, 2.24) is 19.9 Å². The fourth-order valence-electron chi connectivity index (χ4n) is 5.66. The topological polar surface area (TPSA) is 57.4 Å². The highest BCUT2D eigenvalue weighted by Gasteiger charge is 2.03. The van der Waals surface area contributed by atoms with E-state index in [0.29, 0.717) is 0 Å². The van der Waals surface area contributed by atoms with Crippen LogP contribution in [0.1, 0.15) is 127 Å². The number of hydrogen-bond acceptors (Lipinski definition) is 2. The molecule has 4 heteroatoms. The summed E-state index contributed by atoms with van der Waals surface area (Å²) in [4.78, 5) is 16.3. The van der Waals surface area contributed by atoms with Crippen LogP contribution in [0.4, 0.5) is 0 Å². The number of imidazole rings is 2. The Morgan fingerprint density at radius 3 is 0.974 bits per heavy atom. The number of unbranched alkanes of at least 4 members (excludes halogenated alkanes) is 17. The number of fused-ring (bicyclic) bond motifs is 2. The number of nitrogens with one attached hydrogen (secondary N) is 2. The van der Waals surface area contributed by atoms with Gasteiger partial charge < -0.3 is 9.97 Å². The zero-order valence-corrected chi connectivity index (χ0v) is 23.7. The first-order valence-electron chi connectivity index (χ1n) is 15.8. The minimum atomic E-state index is 1.08. The van der Waals surface area contributed by atoms with Crippen molar-refractivity contribution in [2.24, 2.45) is 0 Å². The van der Waals surface area contributed by atoms with Gasteiger partial charge in [0, 0.05) is 12.8 Å². The maximum atomic E-state index is 4.69. The lowest BCUT2D eigenvalue weighted by molar-refractivity contribution is 0.523. The summed E-state index contributed by atoms with van der Waals surface area (Å²) in [6.45, 7) is 0. The highest BCUT2D eigenvalue weighted by atomic mass is 14.9. The molecule has 4 aromatic rings. The Kier molecular flexibility index (Phi) is 12.7. The zero-order valence-electron chi connectivity index (χ0n) is 23.7. The highest BCUT2D eigenvalue weighted by Crippen LogP contribution is 2.17. The number of para-hydroxylation sites is 4. The molecule has 206 valence electrons. The largest absolute Gasteiger partial charge is 0.342 e. The first-order chi connectivity index (χ1) is 18.9.